The highest BCUT2D eigenvalue weighted by Crippen LogP contribution is 2.27. The minimum Gasteiger partial charge on any atom is -0.396 e. The van der Waals surface area contributed by atoms with Crippen LogP contribution in [0.4, 0.5) is 0 Å². The molecule has 2 aliphatic heterocycles. The Hall–Kier alpha value is -0.650. The van der Waals surface area contributed by atoms with Crippen LogP contribution < -0.4 is 0 Å². The molecule has 0 saturated carbocycles. The summed E-state index contributed by atoms with van der Waals surface area (Å²) in [4.78, 5) is 3.15. The third-order valence-electron chi connectivity index (χ3n) is 3.84. The van der Waals surface area contributed by atoms with E-state index >= 15 is 0 Å². The van der Waals surface area contributed by atoms with Gasteiger partial charge >= 0.3 is 0 Å². The lowest BCUT2D eigenvalue weighted by atomic mass is 10.00. The summed E-state index contributed by atoms with van der Waals surface area (Å²) >= 11 is 0. The van der Waals surface area contributed by atoms with Gasteiger partial charge in [-0.25, -0.2) is 8.42 Å². The predicted octanol–water partition coefficient (Wildman–Crippen LogP) is 1.44. The molecule has 4 nitrogen and oxygen atoms in total. The normalized spacial score (nSPS) is 28.0. The second-order valence-electron chi connectivity index (χ2n) is 5.05. The average molecular weight is 271 g/mol. The van der Waals surface area contributed by atoms with Gasteiger partial charge in [-0.05, 0) is 44.9 Å². The predicted molar refractivity (Wildman–Crippen MR) is 71.7 cm³/mol. The van der Waals surface area contributed by atoms with Gasteiger partial charge in [0, 0.05) is 24.1 Å². The van der Waals surface area contributed by atoms with Gasteiger partial charge in [-0.15, -0.1) is 0 Å². The van der Waals surface area contributed by atoms with Gasteiger partial charge < -0.3 is 5.11 Å². The molecule has 18 heavy (non-hydrogen) atoms. The van der Waals surface area contributed by atoms with Gasteiger partial charge in [0.25, 0.3) is 0 Å². The molecule has 1 N–H and O–H groups in total. The van der Waals surface area contributed by atoms with Crippen molar-refractivity contribution in [1.29, 1.82) is 0 Å². The summed E-state index contributed by atoms with van der Waals surface area (Å²) in [6.45, 7) is 3.22. The highest BCUT2D eigenvalue weighted by atomic mass is 32.2. The number of sulfone groups is 1. The van der Waals surface area contributed by atoms with Crippen molar-refractivity contribution in [2.24, 2.45) is 0 Å². The molecule has 0 radical (unpaired) electrons. The lowest BCUT2D eigenvalue weighted by Gasteiger charge is -2.35. The van der Waals surface area contributed by atoms with E-state index in [1.54, 1.807) is 19.1 Å². The van der Waals surface area contributed by atoms with Crippen LogP contribution in [0, 0.1) is 0 Å². The molecule has 1 fully saturated rings. The van der Waals surface area contributed by atoms with E-state index in [1.807, 2.05) is 0 Å². The summed E-state index contributed by atoms with van der Waals surface area (Å²) in [6.07, 6.45) is 7.47. The average Bonchev–Trinajstić information content (AvgIpc) is 2.59. The SMILES string of the molecule is CC1=CC=C(CN2CCCCC2CCO)S1(=O)=O. The Morgan fingerprint density at radius 1 is 1.39 bits per heavy atom. The van der Waals surface area contributed by atoms with E-state index in [9.17, 15) is 8.42 Å². The quantitative estimate of drug-likeness (QED) is 0.840. The first-order valence-electron chi connectivity index (χ1n) is 6.53. The maximum Gasteiger partial charge on any atom is 0.199 e. The number of hydrogen-bond donors (Lipinski definition) is 1. The zero-order chi connectivity index (χ0) is 13.2. The van der Waals surface area contributed by atoms with Gasteiger partial charge in [0.2, 0.25) is 0 Å². The van der Waals surface area contributed by atoms with Crippen molar-refractivity contribution in [1.82, 2.24) is 4.90 Å². The van der Waals surface area contributed by atoms with Gasteiger partial charge in [0.15, 0.2) is 9.84 Å². The van der Waals surface area contributed by atoms with Crippen LogP contribution in [0.5, 0.6) is 0 Å². The fourth-order valence-electron chi connectivity index (χ4n) is 2.68. The van der Waals surface area contributed by atoms with Gasteiger partial charge in [-0.2, -0.15) is 0 Å². The van der Waals surface area contributed by atoms with Crippen LogP contribution in [-0.2, 0) is 9.84 Å². The van der Waals surface area contributed by atoms with E-state index in [-0.39, 0.29) is 6.61 Å². The third-order valence-corrected chi connectivity index (χ3v) is 5.78. The maximum atomic E-state index is 12.0. The molecular formula is C13H21NO3S. The van der Waals surface area contributed by atoms with Gasteiger partial charge in [0.05, 0.1) is 4.91 Å². The Morgan fingerprint density at radius 2 is 2.17 bits per heavy atom. The molecule has 0 spiro atoms. The lowest BCUT2D eigenvalue weighted by Crippen LogP contribution is -2.41. The van der Waals surface area contributed by atoms with Crippen LogP contribution in [0.15, 0.2) is 22.0 Å². The van der Waals surface area contributed by atoms with Gasteiger partial charge in [0.1, 0.15) is 0 Å². The van der Waals surface area contributed by atoms with E-state index in [2.05, 4.69) is 4.90 Å². The summed E-state index contributed by atoms with van der Waals surface area (Å²) in [6, 6.07) is 0.320. The molecule has 0 aromatic heterocycles. The van der Waals surface area contributed by atoms with Crippen molar-refractivity contribution in [2.75, 3.05) is 19.7 Å². The second-order valence-corrected chi connectivity index (χ2v) is 7.22. The first kappa shape index (κ1) is 13.8. The van der Waals surface area contributed by atoms with Gasteiger partial charge in [-0.1, -0.05) is 6.42 Å². The topological polar surface area (TPSA) is 57.6 Å². The number of aliphatic hydroxyl groups excluding tert-OH is 1. The Kier molecular flexibility index (Phi) is 4.25. The van der Waals surface area contributed by atoms with Crippen molar-refractivity contribution >= 4 is 9.84 Å². The van der Waals surface area contributed by atoms with E-state index in [0.717, 1.165) is 25.8 Å². The lowest BCUT2D eigenvalue weighted by molar-refractivity contribution is 0.131. The fraction of sp³-hybridized carbons (Fsp3) is 0.692. The number of nitrogens with zero attached hydrogens (tertiary/aromatic N) is 1. The Morgan fingerprint density at radius 3 is 2.78 bits per heavy atom. The summed E-state index contributed by atoms with van der Waals surface area (Å²) in [7, 11) is -3.19. The molecule has 1 saturated heterocycles. The molecule has 0 amide bonds. The molecule has 0 aromatic rings. The highest BCUT2D eigenvalue weighted by molar-refractivity contribution is 7.99. The van der Waals surface area contributed by atoms with Crippen LogP contribution in [0.3, 0.4) is 0 Å². The van der Waals surface area contributed by atoms with Crippen LogP contribution in [-0.4, -0.2) is 44.2 Å². The molecule has 2 heterocycles. The number of rotatable bonds is 4. The molecule has 0 bridgehead atoms. The van der Waals surface area contributed by atoms with E-state index < -0.39 is 9.84 Å². The molecule has 5 heteroatoms. The standard InChI is InChI=1S/C13H21NO3S/c1-11-5-6-13(18(11,16)17)10-14-8-3-2-4-12(14)7-9-15/h5-6,12,15H,2-4,7-10H2,1H3. The number of allylic oxidation sites excluding steroid dienone is 3. The van der Waals surface area contributed by atoms with Crippen LogP contribution >= 0.6 is 0 Å². The third kappa shape index (κ3) is 2.68. The van der Waals surface area contributed by atoms with E-state index in [1.165, 1.54) is 6.42 Å². The zero-order valence-electron chi connectivity index (χ0n) is 10.8. The van der Waals surface area contributed by atoms with E-state index in [4.69, 9.17) is 5.11 Å². The summed E-state index contributed by atoms with van der Waals surface area (Å²) < 4.78 is 24.0. The smallest absolute Gasteiger partial charge is 0.199 e. The van der Waals surface area contributed by atoms with E-state index in [0.29, 0.717) is 22.4 Å². The molecule has 0 aliphatic carbocycles. The maximum absolute atomic E-state index is 12.0. The highest BCUT2D eigenvalue weighted by Gasteiger charge is 2.29. The largest absolute Gasteiger partial charge is 0.396 e. The van der Waals surface area contributed by atoms with Crippen molar-refractivity contribution in [2.45, 2.75) is 38.6 Å². The van der Waals surface area contributed by atoms with Crippen molar-refractivity contribution < 1.29 is 13.5 Å². The Labute approximate surface area is 109 Å². The number of hydrogen-bond acceptors (Lipinski definition) is 4. The van der Waals surface area contributed by atoms with Crippen LogP contribution in [0.25, 0.3) is 0 Å². The van der Waals surface area contributed by atoms with Crippen molar-refractivity contribution in [3.05, 3.63) is 22.0 Å². The first-order chi connectivity index (χ1) is 8.55. The van der Waals surface area contributed by atoms with Crippen LogP contribution in [0.2, 0.25) is 0 Å². The summed E-state index contributed by atoms with van der Waals surface area (Å²) in [5.74, 6) is 0. The molecule has 2 aliphatic rings. The van der Waals surface area contributed by atoms with Gasteiger partial charge in [-0.3, -0.25) is 4.90 Å². The fourth-order valence-corrected chi connectivity index (χ4v) is 3.92. The summed E-state index contributed by atoms with van der Waals surface area (Å²) in [5, 5.41) is 9.07. The first-order valence-corrected chi connectivity index (χ1v) is 8.01. The Balaban J connectivity index is 2.05. The molecule has 2 rings (SSSR count). The molecule has 102 valence electrons. The number of likely N-dealkylation sites (tertiary alicyclic amines) is 1. The molecular weight excluding hydrogens is 250 g/mol. The molecule has 1 unspecified atom stereocenters. The Bertz CT molecular complexity index is 463. The van der Waals surface area contributed by atoms with Crippen LogP contribution in [0.1, 0.15) is 32.6 Å². The minimum atomic E-state index is -3.19. The summed E-state index contributed by atoms with van der Waals surface area (Å²) in [5.41, 5.74) is 0. The van der Waals surface area contributed by atoms with Crippen molar-refractivity contribution in [3.63, 3.8) is 0 Å². The monoisotopic (exact) mass is 271 g/mol. The zero-order valence-corrected chi connectivity index (χ0v) is 11.6. The number of piperidine rings is 1. The van der Waals surface area contributed by atoms with Crippen molar-refractivity contribution in [3.8, 4) is 0 Å². The number of aliphatic hydroxyl groups is 1. The second kappa shape index (κ2) is 5.55. The molecule has 0 aromatic carbocycles. The molecule has 1 atom stereocenters. The minimum absolute atomic E-state index is 0.171.